The molecule has 0 aliphatic heterocycles. The summed E-state index contributed by atoms with van der Waals surface area (Å²) in [6.45, 7) is 7.87. The number of ether oxygens (including phenoxy) is 1. The Morgan fingerprint density at radius 1 is 1.28 bits per heavy atom. The van der Waals surface area contributed by atoms with Gasteiger partial charge in [-0.2, -0.15) is 0 Å². The number of hydrogen-bond donors (Lipinski definition) is 1. The van der Waals surface area contributed by atoms with Crippen molar-refractivity contribution in [3.05, 3.63) is 16.3 Å². The van der Waals surface area contributed by atoms with Gasteiger partial charge < -0.3 is 10.1 Å². The molecule has 0 aliphatic rings. The molecule has 0 aliphatic carbocycles. The molecule has 1 aromatic heterocycles. The van der Waals surface area contributed by atoms with E-state index < -0.39 is 0 Å². The van der Waals surface area contributed by atoms with Gasteiger partial charge in [0.1, 0.15) is 5.75 Å². The van der Waals surface area contributed by atoms with Crippen LogP contribution < -0.4 is 10.1 Å². The lowest BCUT2D eigenvalue weighted by Crippen LogP contribution is -2.24. The van der Waals surface area contributed by atoms with Crippen molar-refractivity contribution in [2.45, 2.75) is 52.5 Å². The van der Waals surface area contributed by atoms with Gasteiger partial charge in [0.25, 0.3) is 0 Å². The first kappa shape index (κ1) is 15.5. The third-order valence-electron chi connectivity index (χ3n) is 3.56. The molecule has 3 heteroatoms. The molecule has 1 unspecified atom stereocenters. The minimum Gasteiger partial charge on any atom is -0.496 e. The number of thiophene rings is 1. The Balaban J connectivity index is 2.76. The molecule has 0 saturated carbocycles. The van der Waals surface area contributed by atoms with Crippen LogP contribution >= 0.6 is 11.3 Å². The lowest BCUT2D eigenvalue weighted by molar-refractivity contribution is 0.358. The zero-order chi connectivity index (χ0) is 13.4. The smallest absolute Gasteiger partial charge is 0.134 e. The summed E-state index contributed by atoms with van der Waals surface area (Å²) in [7, 11) is 1.76. The molecule has 0 bridgehead atoms. The maximum atomic E-state index is 5.47. The van der Waals surface area contributed by atoms with Crippen LogP contribution in [0.4, 0.5) is 0 Å². The molecule has 0 saturated heterocycles. The molecule has 1 aromatic rings. The molecule has 2 nitrogen and oxygen atoms in total. The average molecular weight is 269 g/mol. The van der Waals surface area contributed by atoms with E-state index in [0.29, 0.717) is 6.04 Å². The van der Waals surface area contributed by atoms with Crippen LogP contribution in [0.15, 0.2) is 11.4 Å². The zero-order valence-corrected chi connectivity index (χ0v) is 13.0. The van der Waals surface area contributed by atoms with Crippen molar-refractivity contribution < 1.29 is 4.74 Å². The highest BCUT2D eigenvalue weighted by atomic mass is 32.1. The first-order chi connectivity index (χ1) is 8.76. The van der Waals surface area contributed by atoms with Crippen molar-refractivity contribution >= 4 is 11.3 Å². The second-order valence-corrected chi connectivity index (χ2v) is 5.73. The van der Waals surface area contributed by atoms with Crippen LogP contribution in [0.1, 0.15) is 57.4 Å². The maximum Gasteiger partial charge on any atom is 0.134 e. The van der Waals surface area contributed by atoms with Gasteiger partial charge in [-0.3, -0.25) is 0 Å². The van der Waals surface area contributed by atoms with Crippen LogP contribution in [0.3, 0.4) is 0 Å². The minimum absolute atomic E-state index is 0.449. The predicted octanol–water partition coefficient (Wildman–Crippen LogP) is 4.62. The van der Waals surface area contributed by atoms with Gasteiger partial charge in [-0.1, -0.05) is 33.6 Å². The Kier molecular flexibility index (Phi) is 7.36. The number of rotatable bonds is 9. The summed E-state index contributed by atoms with van der Waals surface area (Å²) in [6.07, 6.45) is 4.90. The van der Waals surface area contributed by atoms with Crippen LogP contribution in [0.2, 0.25) is 0 Å². The molecule has 0 fully saturated rings. The van der Waals surface area contributed by atoms with Crippen molar-refractivity contribution in [3.8, 4) is 5.75 Å². The van der Waals surface area contributed by atoms with E-state index in [1.165, 1.54) is 30.6 Å². The van der Waals surface area contributed by atoms with E-state index in [4.69, 9.17) is 4.74 Å². The van der Waals surface area contributed by atoms with Crippen LogP contribution in [0.5, 0.6) is 5.75 Å². The third kappa shape index (κ3) is 4.29. The SMILES string of the molecule is CCCNC(CC(CC)CC)c1sccc1OC. The van der Waals surface area contributed by atoms with Gasteiger partial charge in [0.15, 0.2) is 0 Å². The molecular formula is C15H27NOS. The number of hydrogen-bond acceptors (Lipinski definition) is 3. The molecule has 104 valence electrons. The van der Waals surface area contributed by atoms with Crippen molar-refractivity contribution in [2.75, 3.05) is 13.7 Å². The molecule has 1 heterocycles. The molecule has 0 aromatic carbocycles. The van der Waals surface area contributed by atoms with E-state index in [-0.39, 0.29) is 0 Å². The monoisotopic (exact) mass is 269 g/mol. The Bertz CT molecular complexity index is 320. The van der Waals surface area contributed by atoms with E-state index in [9.17, 15) is 0 Å². The fourth-order valence-electron chi connectivity index (χ4n) is 2.29. The Labute approximate surface area is 116 Å². The molecule has 1 rings (SSSR count). The topological polar surface area (TPSA) is 21.3 Å². The van der Waals surface area contributed by atoms with Crippen LogP contribution in [-0.4, -0.2) is 13.7 Å². The van der Waals surface area contributed by atoms with Gasteiger partial charge in [-0.15, -0.1) is 11.3 Å². The lowest BCUT2D eigenvalue weighted by atomic mass is 9.94. The summed E-state index contributed by atoms with van der Waals surface area (Å²) in [5.41, 5.74) is 0. The van der Waals surface area contributed by atoms with Crippen LogP contribution in [-0.2, 0) is 0 Å². The summed E-state index contributed by atoms with van der Waals surface area (Å²) in [4.78, 5) is 1.36. The molecule has 0 amide bonds. The first-order valence-corrected chi connectivity index (χ1v) is 7.99. The van der Waals surface area contributed by atoms with E-state index in [1.807, 2.05) is 11.3 Å². The Morgan fingerprint density at radius 2 is 2.00 bits per heavy atom. The average Bonchev–Trinajstić information content (AvgIpc) is 2.87. The summed E-state index contributed by atoms with van der Waals surface area (Å²) in [5.74, 6) is 1.84. The van der Waals surface area contributed by atoms with Gasteiger partial charge >= 0.3 is 0 Å². The molecule has 0 radical (unpaired) electrons. The second kappa shape index (κ2) is 8.54. The second-order valence-electron chi connectivity index (χ2n) is 4.78. The quantitative estimate of drug-likeness (QED) is 0.706. The van der Waals surface area contributed by atoms with Gasteiger partial charge in [0.05, 0.1) is 12.0 Å². The van der Waals surface area contributed by atoms with E-state index in [0.717, 1.165) is 18.2 Å². The summed E-state index contributed by atoms with van der Waals surface area (Å²) < 4.78 is 5.47. The standard InChI is InChI=1S/C15H27NOS/c1-5-9-16-13(11-12(6-2)7-3)15-14(17-4)8-10-18-15/h8,10,12-13,16H,5-7,9,11H2,1-4H3. The number of nitrogens with one attached hydrogen (secondary N) is 1. The third-order valence-corrected chi connectivity index (χ3v) is 4.57. The normalized spacial score (nSPS) is 12.9. The van der Waals surface area contributed by atoms with E-state index >= 15 is 0 Å². The van der Waals surface area contributed by atoms with Crippen LogP contribution in [0, 0.1) is 5.92 Å². The number of methoxy groups -OCH3 is 1. The van der Waals surface area contributed by atoms with Crippen molar-refractivity contribution in [3.63, 3.8) is 0 Å². The maximum absolute atomic E-state index is 5.47. The molecule has 1 N–H and O–H groups in total. The first-order valence-electron chi connectivity index (χ1n) is 7.11. The highest BCUT2D eigenvalue weighted by Crippen LogP contribution is 2.35. The summed E-state index contributed by atoms with van der Waals surface area (Å²) in [5, 5.41) is 5.80. The van der Waals surface area contributed by atoms with Gasteiger partial charge in [-0.25, -0.2) is 0 Å². The van der Waals surface area contributed by atoms with Crippen molar-refractivity contribution in [1.29, 1.82) is 0 Å². The molecule has 1 atom stereocenters. The zero-order valence-electron chi connectivity index (χ0n) is 12.2. The van der Waals surface area contributed by atoms with Gasteiger partial charge in [-0.05, 0) is 36.8 Å². The van der Waals surface area contributed by atoms with Gasteiger partial charge in [0.2, 0.25) is 0 Å². The van der Waals surface area contributed by atoms with Crippen LogP contribution in [0.25, 0.3) is 0 Å². The van der Waals surface area contributed by atoms with E-state index in [1.54, 1.807) is 7.11 Å². The largest absolute Gasteiger partial charge is 0.496 e. The molecule has 18 heavy (non-hydrogen) atoms. The summed E-state index contributed by atoms with van der Waals surface area (Å²) >= 11 is 1.81. The minimum atomic E-state index is 0.449. The fourth-order valence-corrected chi connectivity index (χ4v) is 3.24. The fraction of sp³-hybridized carbons (Fsp3) is 0.733. The molecule has 0 spiro atoms. The molecular weight excluding hydrogens is 242 g/mol. The summed E-state index contributed by atoms with van der Waals surface area (Å²) in [6, 6.07) is 2.53. The lowest BCUT2D eigenvalue weighted by Gasteiger charge is -2.23. The highest BCUT2D eigenvalue weighted by molar-refractivity contribution is 7.10. The highest BCUT2D eigenvalue weighted by Gasteiger charge is 2.20. The predicted molar refractivity (Wildman–Crippen MR) is 80.6 cm³/mol. The van der Waals surface area contributed by atoms with Crippen molar-refractivity contribution in [2.24, 2.45) is 5.92 Å². The van der Waals surface area contributed by atoms with Crippen molar-refractivity contribution in [1.82, 2.24) is 5.32 Å². The Morgan fingerprint density at radius 3 is 2.56 bits per heavy atom. The van der Waals surface area contributed by atoms with Gasteiger partial charge in [0, 0.05) is 6.04 Å². The Hall–Kier alpha value is -0.540. The van der Waals surface area contributed by atoms with E-state index in [2.05, 4.69) is 37.5 Å².